The summed E-state index contributed by atoms with van der Waals surface area (Å²) in [4.78, 5) is 2.45. The minimum absolute atomic E-state index is 1.11. The zero-order chi connectivity index (χ0) is 40.7. The molecule has 0 aliphatic carbocycles. The summed E-state index contributed by atoms with van der Waals surface area (Å²) in [6, 6.07) is 82.1. The molecule has 10 aromatic carbocycles. The maximum absolute atomic E-state index is 2.45. The summed E-state index contributed by atoms with van der Waals surface area (Å²) in [7, 11) is 0. The number of rotatable bonds is 6. The molecule has 0 amide bonds. The smallest absolute Gasteiger partial charge is 0.0640 e. The quantitative estimate of drug-likeness (QED) is 0.163. The Hall–Kier alpha value is -7.92. The summed E-state index contributed by atoms with van der Waals surface area (Å²) >= 11 is 1.87. The first-order chi connectivity index (χ1) is 30.8. The van der Waals surface area contributed by atoms with Crippen molar-refractivity contribution in [2.45, 2.75) is 0 Å². The summed E-state index contributed by atoms with van der Waals surface area (Å²) in [5.41, 5.74) is 12.9. The molecule has 290 valence electrons. The molecule has 0 saturated heterocycles. The minimum atomic E-state index is 1.11. The molecule has 3 heterocycles. The first kappa shape index (κ1) is 34.9. The molecule has 13 rings (SSSR count). The van der Waals surface area contributed by atoms with Gasteiger partial charge in [-0.15, -0.1) is 11.3 Å². The van der Waals surface area contributed by atoms with Gasteiger partial charge in [-0.1, -0.05) is 146 Å². The molecule has 0 aliphatic heterocycles. The topological polar surface area (TPSA) is 13.1 Å². The van der Waals surface area contributed by atoms with Gasteiger partial charge >= 0.3 is 0 Å². The Kier molecular flexibility index (Phi) is 7.78. The van der Waals surface area contributed by atoms with Crippen molar-refractivity contribution in [3.63, 3.8) is 0 Å². The van der Waals surface area contributed by atoms with E-state index in [4.69, 9.17) is 0 Å². The lowest BCUT2D eigenvalue weighted by Gasteiger charge is -2.26. The number of benzene rings is 10. The lowest BCUT2D eigenvalue weighted by Crippen LogP contribution is -2.10. The molecule has 0 aliphatic rings. The molecule has 0 fully saturated rings. The van der Waals surface area contributed by atoms with Gasteiger partial charge in [0.25, 0.3) is 0 Å². The third-order valence-electron chi connectivity index (χ3n) is 12.7. The predicted molar refractivity (Wildman–Crippen MR) is 266 cm³/mol. The molecule has 4 heteroatoms. The second-order valence-electron chi connectivity index (χ2n) is 16.1. The number of hydrogen-bond acceptors (Lipinski definition) is 2. The van der Waals surface area contributed by atoms with Crippen LogP contribution >= 0.6 is 11.3 Å². The van der Waals surface area contributed by atoms with E-state index in [1.54, 1.807) is 0 Å². The molecule has 62 heavy (non-hydrogen) atoms. The number of nitrogens with zero attached hydrogens (tertiary/aromatic N) is 3. The minimum Gasteiger partial charge on any atom is -0.309 e. The molecular weight excluding hydrogens is 771 g/mol. The second-order valence-corrected chi connectivity index (χ2v) is 17.2. The van der Waals surface area contributed by atoms with Crippen molar-refractivity contribution in [3.05, 3.63) is 224 Å². The summed E-state index contributed by atoms with van der Waals surface area (Å²) in [6.07, 6.45) is 0. The van der Waals surface area contributed by atoms with E-state index in [2.05, 4.69) is 238 Å². The highest BCUT2D eigenvalue weighted by molar-refractivity contribution is 7.26. The Balaban J connectivity index is 0.945. The SMILES string of the molecule is c1ccc(-n2c3ccccc3c3cc(N(c4ccc(-c5ccc(-n6c7ccccc7c7ccc8ccccc8c76)cc5)cc4)c4cccc5c4sc4ccccc45)ccc32)cc1. The predicted octanol–water partition coefficient (Wildman–Crippen LogP) is 16.5. The Morgan fingerprint density at radius 3 is 1.71 bits per heavy atom. The average molecular weight is 808 g/mol. The van der Waals surface area contributed by atoms with Crippen molar-refractivity contribution >= 4 is 103 Å². The Morgan fingerprint density at radius 1 is 0.339 bits per heavy atom. The third kappa shape index (κ3) is 5.30. The summed E-state index contributed by atoms with van der Waals surface area (Å²) in [5, 5.41) is 10.1. The van der Waals surface area contributed by atoms with Crippen molar-refractivity contribution in [2.75, 3.05) is 4.90 Å². The molecule has 0 radical (unpaired) electrons. The summed E-state index contributed by atoms with van der Waals surface area (Å²) in [5.74, 6) is 0. The highest BCUT2D eigenvalue weighted by Gasteiger charge is 2.21. The number of aromatic nitrogens is 2. The Morgan fingerprint density at radius 2 is 0.919 bits per heavy atom. The fourth-order valence-corrected chi connectivity index (χ4v) is 11.1. The number of thiophene rings is 1. The van der Waals surface area contributed by atoms with Crippen molar-refractivity contribution < 1.29 is 0 Å². The van der Waals surface area contributed by atoms with Crippen molar-refractivity contribution in [1.82, 2.24) is 9.13 Å². The van der Waals surface area contributed by atoms with E-state index in [0.29, 0.717) is 0 Å². The number of para-hydroxylation sites is 3. The van der Waals surface area contributed by atoms with Crippen molar-refractivity contribution in [3.8, 4) is 22.5 Å². The Bertz CT molecular complexity index is 3850. The number of anilines is 3. The molecule has 0 bridgehead atoms. The van der Waals surface area contributed by atoms with Gasteiger partial charge in [0.1, 0.15) is 0 Å². The number of hydrogen-bond donors (Lipinski definition) is 0. The van der Waals surface area contributed by atoms with Gasteiger partial charge in [0.2, 0.25) is 0 Å². The maximum atomic E-state index is 2.45. The van der Waals surface area contributed by atoms with Crippen LogP contribution < -0.4 is 4.90 Å². The van der Waals surface area contributed by atoms with Crippen LogP contribution in [0, 0.1) is 0 Å². The van der Waals surface area contributed by atoms with Crippen LogP contribution in [-0.4, -0.2) is 9.13 Å². The van der Waals surface area contributed by atoms with E-state index in [1.807, 2.05) is 11.3 Å². The van der Waals surface area contributed by atoms with Crippen LogP contribution in [0.15, 0.2) is 224 Å². The fraction of sp³-hybridized carbons (Fsp3) is 0. The normalized spacial score (nSPS) is 11.9. The fourth-order valence-electron chi connectivity index (χ4n) is 9.90. The first-order valence-corrected chi connectivity index (χ1v) is 22.0. The second kappa shape index (κ2) is 13.8. The van der Waals surface area contributed by atoms with Crippen LogP contribution in [-0.2, 0) is 0 Å². The van der Waals surface area contributed by atoms with Crippen LogP contribution in [0.4, 0.5) is 17.1 Å². The van der Waals surface area contributed by atoms with Gasteiger partial charge in [-0.05, 0) is 95.4 Å². The lowest BCUT2D eigenvalue weighted by atomic mass is 10.0. The third-order valence-corrected chi connectivity index (χ3v) is 13.9. The van der Waals surface area contributed by atoms with Crippen molar-refractivity contribution in [1.29, 1.82) is 0 Å². The van der Waals surface area contributed by atoms with Gasteiger partial charge < -0.3 is 14.0 Å². The zero-order valence-corrected chi connectivity index (χ0v) is 34.4. The zero-order valence-electron chi connectivity index (χ0n) is 33.6. The van der Waals surface area contributed by atoms with Crippen LogP contribution in [0.25, 0.3) is 97.1 Å². The van der Waals surface area contributed by atoms with Crippen LogP contribution in [0.2, 0.25) is 0 Å². The molecule has 3 aromatic heterocycles. The van der Waals surface area contributed by atoms with Gasteiger partial charge in [0, 0.05) is 65.2 Å². The first-order valence-electron chi connectivity index (χ1n) is 21.2. The van der Waals surface area contributed by atoms with Gasteiger partial charge in [-0.25, -0.2) is 0 Å². The molecule has 0 spiro atoms. The van der Waals surface area contributed by atoms with Crippen LogP contribution in [0.5, 0.6) is 0 Å². The largest absolute Gasteiger partial charge is 0.309 e. The highest BCUT2D eigenvalue weighted by atomic mass is 32.1. The van der Waals surface area contributed by atoms with E-state index < -0.39 is 0 Å². The van der Waals surface area contributed by atoms with E-state index in [0.717, 1.165) is 22.7 Å². The number of fused-ring (bicyclic) bond motifs is 11. The van der Waals surface area contributed by atoms with E-state index >= 15 is 0 Å². The van der Waals surface area contributed by atoms with Gasteiger partial charge in [0.05, 0.1) is 32.5 Å². The van der Waals surface area contributed by atoms with E-state index in [1.165, 1.54) is 91.4 Å². The van der Waals surface area contributed by atoms with Crippen molar-refractivity contribution in [2.24, 2.45) is 0 Å². The molecule has 13 aromatic rings. The average Bonchev–Trinajstić information content (AvgIpc) is 4.01. The molecular formula is C58H37N3S. The van der Waals surface area contributed by atoms with Crippen LogP contribution in [0.1, 0.15) is 0 Å². The monoisotopic (exact) mass is 807 g/mol. The molecule has 3 nitrogen and oxygen atoms in total. The molecule has 0 unspecified atom stereocenters. The highest BCUT2D eigenvalue weighted by Crippen LogP contribution is 2.46. The van der Waals surface area contributed by atoms with Gasteiger partial charge in [0.15, 0.2) is 0 Å². The Labute approximate surface area is 362 Å². The standard InChI is InChI=1S/C58H37N3S/c1-2-14-41(15-3-1)60-52-21-9-7-18-47(52)51-37-44(34-36-54(51)60)59(55-23-12-20-50-48-19-8-11-24-56(48)62-58(50)55)42-30-25-38(26-31-42)39-27-32-43(33-28-39)61-53-22-10-6-17-46(53)49-35-29-40-13-4-5-16-45(40)57(49)61/h1-37H. The lowest BCUT2D eigenvalue weighted by molar-refractivity contribution is 1.18. The molecule has 0 saturated carbocycles. The maximum Gasteiger partial charge on any atom is 0.0640 e. The molecule has 0 N–H and O–H groups in total. The van der Waals surface area contributed by atoms with Gasteiger partial charge in [-0.2, -0.15) is 0 Å². The summed E-state index contributed by atoms with van der Waals surface area (Å²) in [6.45, 7) is 0. The van der Waals surface area contributed by atoms with E-state index in [9.17, 15) is 0 Å². The van der Waals surface area contributed by atoms with E-state index in [-0.39, 0.29) is 0 Å². The van der Waals surface area contributed by atoms with Gasteiger partial charge in [-0.3, -0.25) is 0 Å². The molecule has 0 atom stereocenters. The van der Waals surface area contributed by atoms with Crippen LogP contribution in [0.3, 0.4) is 0 Å². The summed E-state index contributed by atoms with van der Waals surface area (Å²) < 4.78 is 7.39.